The minimum atomic E-state index is -0.698. The molecule has 9 nitrogen and oxygen atoms in total. The fourth-order valence-electron chi connectivity index (χ4n) is 1.97. The Kier molecular flexibility index (Phi) is 3.89. The molecule has 2 rings (SSSR count). The van der Waals surface area contributed by atoms with Crippen LogP contribution >= 0.6 is 0 Å². The predicted molar refractivity (Wildman–Crippen MR) is 68.1 cm³/mol. The van der Waals surface area contributed by atoms with Crippen LogP contribution < -0.4 is 16.6 Å². The van der Waals surface area contributed by atoms with Crippen molar-refractivity contribution in [3.05, 3.63) is 18.1 Å². The zero-order chi connectivity index (χ0) is 14.7. The fraction of sp³-hybridized carbons (Fsp3) is 0.364. The second-order valence-corrected chi connectivity index (χ2v) is 4.20. The lowest BCUT2D eigenvalue weighted by Crippen LogP contribution is -2.59. The summed E-state index contributed by atoms with van der Waals surface area (Å²) in [6.45, 7) is 1.56. The highest BCUT2D eigenvalue weighted by Crippen LogP contribution is 2.13. The van der Waals surface area contributed by atoms with Crippen LogP contribution in [0.4, 0.5) is 5.82 Å². The molecule has 3 amide bonds. The van der Waals surface area contributed by atoms with Gasteiger partial charge in [-0.25, -0.2) is 10.8 Å². The number of nitrogens with two attached hydrogens (primary N) is 1. The van der Waals surface area contributed by atoms with Crippen LogP contribution in [0.5, 0.6) is 0 Å². The topological polar surface area (TPSA) is 130 Å². The van der Waals surface area contributed by atoms with Crippen LogP contribution in [0.25, 0.3) is 0 Å². The van der Waals surface area contributed by atoms with Crippen molar-refractivity contribution in [3.8, 4) is 0 Å². The minimum absolute atomic E-state index is 0.0152. The number of aromatic nitrogens is 2. The number of anilines is 1. The van der Waals surface area contributed by atoms with Crippen molar-refractivity contribution in [2.45, 2.75) is 19.4 Å². The van der Waals surface area contributed by atoms with Gasteiger partial charge in [-0.1, -0.05) is 6.92 Å². The van der Waals surface area contributed by atoms with Gasteiger partial charge in [-0.05, 0) is 6.42 Å². The summed E-state index contributed by atoms with van der Waals surface area (Å²) in [5.41, 5.74) is 2.29. The molecule has 1 saturated heterocycles. The number of hydrogen-bond donors (Lipinski definition) is 3. The molecule has 0 saturated carbocycles. The molecular weight excluding hydrogens is 264 g/mol. The van der Waals surface area contributed by atoms with Gasteiger partial charge in [-0.3, -0.25) is 24.7 Å². The van der Waals surface area contributed by atoms with Crippen LogP contribution in [-0.4, -0.2) is 45.2 Å². The van der Waals surface area contributed by atoms with E-state index in [4.69, 9.17) is 5.84 Å². The van der Waals surface area contributed by atoms with E-state index in [1.807, 2.05) is 0 Å². The summed E-state index contributed by atoms with van der Waals surface area (Å²) in [5, 5.41) is 2.20. The lowest BCUT2D eigenvalue weighted by atomic mass is 10.1. The summed E-state index contributed by atoms with van der Waals surface area (Å²) in [6, 6.07) is -0.698. The summed E-state index contributed by atoms with van der Waals surface area (Å²) in [4.78, 5) is 44.4. The van der Waals surface area contributed by atoms with Gasteiger partial charge in [-0.2, -0.15) is 0 Å². The number of carbonyl (C=O) groups is 3. The number of nitrogens with one attached hydrogen (secondary N) is 2. The van der Waals surface area contributed by atoms with Crippen molar-refractivity contribution in [2.75, 3.05) is 12.0 Å². The van der Waals surface area contributed by atoms with Gasteiger partial charge in [0.15, 0.2) is 5.82 Å². The van der Waals surface area contributed by atoms with E-state index < -0.39 is 23.8 Å². The number of nitrogen functional groups attached to an aromatic ring is 1. The van der Waals surface area contributed by atoms with Gasteiger partial charge in [0, 0.05) is 0 Å². The Morgan fingerprint density at radius 1 is 1.55 bits per heavy atom. The van der Waals surface area contributed by atoms with Crippen molar-refractivity contribution >= 4 is 23.5 Å². The summed E-state index contributed by atoms with van der Waals surface area (Å²) in [7, 11) is 0. The highest BCUT2D eigenvalue weighted by atomic mass is 16.2. The first-order valence-corrected chi connectivity index (χ1v) is 6.00. The van der Waals surface area contributed by atoms with Crippen molar-refractivity contribution in [1.29, 1.82) is 0 Å². The average molecular weight is 278 g/mol. The van der Waals surface area contributed by atoms with Gasteiger partial charge in [-0.15, -0.1) is 0 Å². The second kappa shape index (κ2) is 5.61. The minimum Gasteiger partial charge on any atom is -0.316 e. The lowest BCUT2D eigenvalue weighted by molar-refractivity contribution is -0.138. The number of piperazine rings is 1. The molecule has 0 aromatic carbocycles. The standard InChI is InChI=1S/C11H14N6O3/c1-2-7-10(19)15-9(18)5-17(7)11(20)6-3-13-4-8(14-6)16-12/h3-4,7H,2,5,12H2,1H3,(H,14,16)(H,15,18,19). The number of amides is 3. The second-order valence-electron chi connectivity index (χ2n) is 4.20. The van der Waals surface area contributed by atoms with Gasteiger partial charge >= 0.3 is 0 Å². The first-order chi connectivity index (χ1) is 9.56. The number of rotatable bonds is 3. The van der Waals surface area contributed by atoms with E-state index in [0.717, 1.165) is 0 Å². The zero-order valence-corrected chi connectivity index (χ0v) is 10.8. The maximum Gasteiger partial charge on any atom is 0.275 e. The third-order valence-corrected chi connectivity index (χ3v) is 2.90. The molecule has 20 heavy (non-hydrogen) atoms. The van der Waals surface area contributed by atoms with Crippen molar-refractivity contribution in [1.82, 2.24) is 20.2 Å². The Bertz CT molecular complexity index is 561. The average Bonchev–Trinajstić information content (AvgIpc) is 2.45. The van der Waals surface area contributed by atoms with E-state index in [1.165, 1.54) is 17.3 Å². The third kappa shape index (κ3) is 2.57. The predicted octanol–water partition coefficient (Wildman–Crippen LogP) is -1.36. The van der Waals surface area contributed by atoms with Gasteiger partial charge < -0.3 is 10.3 Å². The SMILES string of the molecule is CCC1C(=O)NC(=O)CN1C(=O)c1cncc(NN)n1. The Labute approximate surface area is 114 Å². The highest BCUT2D eigenvalue weighted by Gasteiger charge is 2.36. The molecule has 0 aliphatic carbocycles. The molecule has 1 aliphatic heterocycles. The van der Waals surface area contributed by atoms with Crippen molar-refractivity contribution in [3.63, 3.8) is 0 Å². The molecule has 0 bridgehead atoms. The molecule has 0 radical (unpaired) electrons. The van der Waals surface area contributed by atoms with Gasteiger partial charge in [0.1, 0.15) is 18.3 Å². The Hall–Kier alpha value is -2.55. The molecule has 4 N–H and O–H groups in total. The Morgan fingerprint density at radius 3 is 2.95 bits per heavy atom. The van der Waals surface area contributed by atoms with Crippen LogP contribution in [0.15, 0.2) is 12.4 Å². The van der Waals surface area contributed by atoms with Crippen molar-refractivity contribution in [2.24, 2.45) is 5.84 Å². The smallest absolute Gasteiger partial charge is 0.275 e. The van der Waals surface area contributed by atoms with E-state index in [-0.39, 0.29) is 18.1 Å². The van der Waals surface area contributed by atoms with Crippen LogP contribution in [0, 0.1) is 0 Å². The van der Waals surface area contributed by atoms with Crippen LogP contribution in [-0.2, 0) is 9.59 Å². The van der Waals surface area contributed by atoms with E-state index >= 15 is 0 Å². The number of carbonyl (C=O) groups excluding carboxylic acids is 3. The lowest BCUT2D eigenvalue weighted by Gasteiger charge is -2.33. The molecule has 1 unspecified atom stereocenters. The monoisotopic (exact) mass is 278 g/mol. The zero-order valence-electron chi connectivity index (χ0n) is 10.8. The van der Waals surface area contributed by atoms with E-state index in [1.54, 1.807) is 6.92 Å². The van der Waals surface area contributed by atoms with Gasteiger partial charge in [0.25, 0.3) is 5.91 Å². The molecule has 106 valence electrons. The molecule has 9 heteroatoms. The number of hydrogen-bond acceptors (Lipinski definition) is 7. The summed E-state index contributed by atoms with van der Waals surface area (Å²) in [6.07, 6.45) is 3.00. The van der Waals surface area contributed by atoms with Crippen LogP contribution in [0.3, 0.4) is 0 Å². The molecule has 1 fully saturated rings. The summed E-state index contributed by atoms with van der Waals surface area (Å²) in [5.74, 6) is 3.87. The first-order valence-electron chi connectivity index (χ1n) is 6.00. The molecule has 1 aliphatic rings. The highest BCUT2D eigenvalue weighted by molar-refractivity contribution is 6.06. The van der Waals surface area contributed by atoms with E-state index in [2.05, 4.69) is 20.7 Å². The van der Waals surface area contributed by atoms with E-state index in [9.17, 15) is 14.4 Å². The maximum absolute atomic E-state index is 12.4. The molecule has 1 aromatic heterocycles. The van der Waals surface area contributed by atoms with Gasteiger partial charge in [0.05, 0.1) is 12.4 Å². The quantitative estimate of drug-likeness (QED) is 0.353. The largest absolute Gasteiger partial charge is 0.316 e. The maximum atomic E-state index is 12.4. The molecular formula is C11H14N6O3. The number of hydrazine groups is 1. The first kappa shape index (κ1) is 13.9. The molecule has 1 atom stereocenters. The van der Waals surface area contributed by atoms with E-state index in [0.29, 0.717) is 6.42 Å². The molecule has 2 heterocycles. The molecule has 1 aromatic rings. The van der Waals surface area contributed by atoms with Crippen molar-refractivity contribution < 1.29 is 14.4 Å². The summed E-state index contributed by atoms with van der Waals surface area (Å²) >= 11 is 0. The molecule has 0 spiro atoms. The number of nitrogens with zero attached hydrogens (tertiary/aromatic N) is 3. The normalized spacial score (nSPS) is 18.7. The van der Waals surface area contributed by atoms with Crippen LogP contribution in [0.1, 0.15) is 23.8 Å². The third-order valence-electron chi connectivity index (χ3n) is 2.90. The summed E-state index contributed by atoms with van der Waals surface area (Å²) < 4.78 is 0. The fourth-order valence-corrected chi connectivity index (χ4v) is 1.97. The Morgan fingerprint density at radius 2 is 2.30 bits per heavy atom. The van der Waals surface area contributed by atoms with Crippen LogP contribution in [0.2, 0.25) is 0 Å². The number of imide groups is 1. The van der Waals surface area contributed by atoms with Gasteiger partial charge in [0.2, 0.25) is 11.8 Å². The Balaban J connectivity index is 2.29.